The molecule has 17 heavy (non-hydrogen) atoms. The fraction of sp³-hybridized carbons (Fsp3) is 0.636. The van der Waals surface area contributed by atoms with Crippen molar-refractivity contribution >= 4 is 17.6 Å². The van der Waals surface area contributed by atoms with E-state index in [9.17, 15) is 0 Å². The van der Waals surface area contributed by atoms with Crippen molar-refractivity contribution in [1.29, 1.82) is 0 Å². The van der Waals surface area contributed by atoms with Gasteiger partial charge in [0.05, 0.1) is 6.10 Å². The van der Waals surface area contributed by atoms with Gasteiger partial charge in [-0.15, -0.1) is 0 Å². The number of nitrogens with two attached hydrogens (primary N) is 2. The van der Waals surface area contributed by atoms with Crippen LogP contribution in [0.25, 0.3) is 0 Å². The number of nitrogen functional groups attached to an aromatic ring is 2. The first-order valence-corrected chi connectivity index (χ1v) is 5.88. The van der Waals surface area contributed by atoms with Crippen LogP contribution < -0.4 is 16.4 Å². The van der Waals surface area contributed by atoms with Crippen molar-refractivity contribution in [2.45, 2.75) is 25.4 Å². The molecule has 1 saturated heterocycles. The zero-order chi connectivity index (χ0) is 12.3. The normalized spacial score (nSPS) is 20.2. The van der Waals surface area contributed by atoms with E-state index in [2.05, 4.69) is 9.97 Å². The Kier molecular flexibility index (Phi) is 3.63. The van der Waals surface area contributed by atoms with Crippen molar-refractivity contribution < 1.29 is 4.74 Å². The minimum atomic E-state index is 0.205. The first kappa shape index (κ1) is 11.9. The fourth-order valence-corrected chi connectivity index (χ4v) is 2.02. The number of likely N-dealkylation sites (N-methyl/N-ethyl adjacent to an activating group) is 1. The molecule has 1 aliphatic rings. The average Bonchev–Trinajstić information content (AvgIpc) is 2.29. The summed E-state index contributed by atoms with van der Waals surface area (Å²) >= 11 is 0. The average molecular weight is 237 g/mol. The zero-order valence-corrected chi connectivity index (χ0v) is 10.1. The highest BCUT2D eigenvalue weighted by atomic mass is 16.5. The SMILES string of the molecule is CN(CC1CCCCO1)c1cc(N)nc(N)n1. The number of hydrogen-bond acceptors (Lipinski definition) is 6. The first-order valence-electron chi connectivity index (χ1n) is 5.88. The lowest BCUT2D eigenvalue weighted by molar-refractivity contribution is 0.0215. The second kappa shape index (κ2) is 5.18. The lowest BCUT2D eigenvalue weighted by Crippen LogP contribution is -2.33. The molecule has 0 aliphatic carbocycles. The van der Waals surface area contributed by atoms with Gasteiger partial charge in [-0.1, -0.05) is 0 Å². The summed E-state index contributed by atoms with van der Waals surface area (Å²) in [6.07, 6.45) is 3.76. The first-order chi connectivity index (χ1) is 8.15. The Bertz CT molecular complexity index is 358. The summed E-state index contributed by atoms with van der Waals surface area (Å²) in [6, 6.07) is 1.72. The predicted molar refractivity (Wildman–Crippen MR) is 67.7 cm³/mol. The van der Waals surface area contributed by atoms with E-state index in [1.54, 1.807) is 6.07 Å². The molecule has 4 N–H and O–H groups in total. The molecule has 94 valence electrons. The van der Waals surface area contributed by atoms with Gasteiger partial charge in [0.1, 0.15) is 11.6 Å². The molecule has 0 radical (unpaired) electrons. The van der Waals surface area contributed by atoms with Crippen LogP contribution in [0.3, 0.4) is 0 Å². The molecule has 1 atom stereocenters. The van der Waals surface area contributed by atoms with Crippen LogP contribution in [0.1, 0.15) is 19.3 Å². The third-order valence-electron chi connectivity index (χ3n) is 2.89. The quantitative estimate of drug-likeness (QED) is 0.802. The summed E-state index contributed by atoms with van der Waals surface area (Å²) < 4.78 is 5.68. The predicted octanol–water partition coefficient (Wildman–Crippen LogP) is 0.646. The summed E-state index contributed by atoms with van der Waals surface area (Å²) in [4.78, 5) is 10.0. The van der Waals surface area contributed by atoms with Crippen molar-refractivity contribution in [3.63, 3.8) is 0 Å². The van der Waals surface area contributed by atoms with Gasteiger partial charge < -0.3 is 21.1 Å². The Morgan fingerprint density at radius 3 is 2.88 bits per heavy atom. The second-order valence-electron chi connectivity index (χ2n) is 4.38. The van der Waals surface area contributed by atoms with Gasteiger partial charge in [0.2, 0.25) is 5.95 Å². The van der Waals surface area contributed by atoms with Crippen molar-refractivity contribution in [2.24, 2.45) is 0 Å². The van der Waals surface area contributed by atoms with Gasteiger partial charge in [0.25, 0.3) is 0 Å². The number of ether oxygens (including phenoxy) is 1. The Balaban J connectivity index is 2.00. The molecule has 1 fully saturated rings. The van der Waals surface area contributed by atoms with E-state index in [1.807, 2.05) is 11.9 Å². The summed E-state index contributed by atoms with van der Waals surface area (Å²) in [5, 5.41) is 0. The van der Waals surface area contributed by atoms with Crippen LogP contribution in [0.2, 0.25) is 0 Å². The standard InChI is InChI=1S/C11H19N5O/c1-16(7-8-4-2-3-5-17-8)10-6-9(12)14-11(13)15-10/h6,8H,2-5,7H2,1H3,(H4,12,13,14,15). The lowest BCUT2D eigenvalue weighted by atomic mass is 10.1. The van der Waals surface area contributed by atoms with Gasteiger partial charge in [-0.2, -0.15) is 9.97 Å². The molecule has 0 amide bonds. The zero-order valence-electron chi connectivity index (χ0n) is 10.1. The minimum Gasteiger partial charge on any atom is -0.383 e. The summed E-state index contributed by atoms with van der Waals surface area (Å²) in [6.45, 7) is 1.66. The molecule has 0 saturated carbocycles. The molecule has 6 nitrogen and oxygen atoms in total. The number of aromatic nitrogens is 2. The Labute approximate surface area is 101 Å². The van der Waals surface area contributed by atoms with E-state index in [0.717, 1.165) is 31.8 Å². The highest BCUT2D eigenvalue weighted by Crippen LogP contribution is 2.18. The Morgan fingerprint density at radius 1 is 1.41 bits per heavy atom. The van der Waals surface area contributed by atoms with Crippen molar-refractivity contribution in [3.05, 3.63) is 6.07 Å². The molecule has 0 bridgehead atoms. The van der Waals surface area contributed by atoms with Gasteiger partial charge in [0, 0.05) is 26.3 Å². The fourth-order valence-electron chi connectivity index (χ4n) is 2.02. The van der Waals surface area contributed by atoms with Crippen LogP contribution in [0.5, 0.6) is 0 Å². The van der Waals surface area contributed by atoms with E-state index in [4.69, 9.17) is 16.2 Å². The monoisotopic (exact) mass is 237 g/mol. The van der Waals surface area contributed by atoms with E-state index in [0.29, 0.717) is 5.82 Å². The highest BCUT2D eigenvalue weighted by molar-refractivity contribution is 5.49. The molecular weight excluding hydrogens is 218 g/mol. The van der Waals surface area contributed by atoms with Gasteiger partial charge in [-0.25, -0.2) is 0 Å². The van der Waals surface area contributed by atoms with Crippen LogP contribution >= 0.6 is 0 Å². The molecule has 0 aromatic carbocycles. The molecule has 6 heteroatoms. The minimum absolute atomic E-state index is 0.205. The smallest absolute Gasteiger partial charge is 0.223 e. The van der Waals surface area contributed by atoms with Gasteiger partial charge in [-0.3, -0.25) is 0 Å². The third kappa shape index (κ3) is 3.20. The highest BCUT2D eigenvalue weighted by Gasteiger charge is 2.17. The number of hydrogen-bond donors (Lipinski definition) is 2. The molecule has 1 aromatic heterocycles. The van der Waals surface area contributed by atoms with Crippen molar-refractivity contribution in [2.75, 3.05) is 36.6 Å². The molecular formula is C11H19N5O. The van der Waals surface area contributed by atoms with Crippen molar-refractivity contribution in [1.82, 2.24) is 9.97 Å². The number of nitrogens with zero attached hydrogens (tertiary/aromatic N) is 3. The van der Waals surface area contributed by atoms with E-state index >= 15 is 0 Å². The maximum Gasteiger partial charge on any atom is 0.223 e. The topological polar surface area (TPSA) is 90.3 Å². The summed E-state index contributed by atoms with van der Waals surface area (Å²) in [7, 11) is 1.96. The van der Waals surface area contributed by atoms with Gasteiger partial charge >= 0.3 is 0 Å². The van der Waals surface area contributed by atoms with E-state index in [1.165, 1.54) is 6.42 Å². The van der Waals surface area contributed by atoms with Crippen LogP contribution in [0.15, 0.2) is 6.07 Å². The third-order valence-corrected chi connectivity index (χ3v) is 2.89. The number of anilines is 3. The Morgan fingerprint density at radius 2 is 2.24 bits per heavy atom. The van der Waals surface area contributed by atoms with Gasteiger partial charge in [0.15, 0.2) is 0 Å². The molecule has 1 aliphatic heterocycles. The van der Waals surface area contributed by atoms with Gasteiger partial charge in [-0.05, 0) is 19.3 Å². The van der Waals surface area contributed by atoms with Crippen molar-refractivity contribution in [3.8, 4) is 0 Å². The largest absolute Gasteiger partial charge is 0.383 e. The van der Waals surface area contributed by atoms with Crippen LogP contribution in [0.4, 0.5) is 17.6 Å². The summed E-state index contributed by atoms with van der Waals surface area (Å²) in [5.41, 5.74) is 11.2. The van der Waals surface area contributed by atoms with E-state index < -0.39 is 0 Å². The lowest BCUT2D eigenvalue weighted by Gasteiger charge is -2.28. The maximum atomic E-state index is 5.68. The molecule has 1 aromatic rings. The second-order valence-corrected chi connectivity index (χ2v) is 4.38. The number of rotatable bonds is 3. The van der Waals surface area contributed by atoms with Crippen LogP contribution in [-0.2, 0) is 4.74 Å². The van der Waals surface area contributed by atoms with E-state index in [-0.39, 0.29) is 12.1 Å². The van der Waals surface area contributed by atoms with Crippen LogP contribution in [0, 0.1) is 0 Å². The maximum absolute atomic E-state index is 5.68. The Hall–Kier alpha value is -1.56. The molecule has 2 rings (SSSR count). The summed E-state index contributed by atoms with van der Waals surface area (Å²) in [5.74, 6) is 1.34. The van der Waals surface area contributed by atoms with Crippen LogP contribution in [-0.4, -0.2) is 36.3 Å². The molecule has 0 spiro atoms. The molecule has 1 unspecified atom stereocenters. The molecule has 2 heterocycles.